The monoisotopic (exact) mass is 462 g/mol. The van der Waals surface area contributed by atoms with Crippen molar-refractivity contribution in [3.63, 3.8) is 0 Å². The average Bonchev–Trinajstić information content (AvgIpc) is 2.78. The summed E-state index contributed by atoms with van der Waals surface area (Å²) in [5.74, 6) is 0.338. The molecule has 174 valence electrons. The standard InChI is InChI=1S/C24H31FN2O4S/c1-18(2)22-5-3-4-6-23(22)31-16-13-26-24(28)20-11-14-27(15-12-20)32(29,30)17-19-7-9-21(25)10-8-19/h3-10,18,20H,11-17H2,1-2H3,(H,26,28). The number of hydrogen-bond donors (Lipinski definition) is 1. The fourth-order valence-corrected chi connectivity index (χ4v) is 5.41. The van der Waals surface area contributed by atoms with Crippen molar-refractivity contribution in [3.05, 3.63) is 65.5 Å². The summed E-state index contributed by atoms with van der Waals surface area (Å²) in [7, 11) is -3.50. The van der Waals surface area contributed by atoms with Gasteiger partial charge >= 0.3 is 0 Å². The maximum absolute atomic E-state index is 13.0. The Labute approximate surface area is 189 Å². The number of halogens is 1. The van der Waals surface area contributed by atoms with Gasteiger partial charge in [-0.3, -0.25) is 4.79 Å². The molecule has 32 heavy (non-hydrogen) atoms. The number of hydrogen-bond acceptors (Lipinski definition) is 4. The number of rotatable bonds is 9. The second-order valence-corrected chi connectivity index (χ2v) is 10.4. The molecule has 0 aromatic heterocycles. The molecule has 1 N–H and O–H groups in total. The fourth-order valence-electron chi connectivity index (χ4n) is 3.85. The first-order chi connectivity index (χ1) is 15.3. The third-order valence-corrected chi connectivity index (χ3v) is 7.53. The van der Waals surface area contributed by atoms with Crippen LogP contribution in [0.25, 0.3) is 0 Å². The Kier molecular flexibility index (Phi) is 8.26. The molecule has 1 aliphatic rings. The Morgan fingerprint density at radius 1 is 1.12 bits per heavy atom. The summed E-state index contributed by atoms with van der Waals surface area (Å²) in [5, 5.41) is 2.90. The van der Waals surface area contributed by atoms with Gasteiger partial charge in [0.15, 0.2) is 0 Å². The van der Waals surface area contributed by atoms with E-state index in [2.05, 4.69) is 19.2 Å². The third-order valence-electron chi connectivity index (χ3n) is 5.68. The molecule has 2 aromatic rings. The molecule has 0 radical (unpaired) electrons. The molecule has 1 amide bonds. The molecule has 0 aliphatic carbocycles. The van der Waals surface area contributed by atoms with Gasteiger partial charge in [0.2, 0.25) is 15.9 Å². The molecule has 0 saturated carbocycles. The molecular formula is C24H31FN2O4S. The van der Waals surface area contributed by atoms with Gasteiger partial charge in [0.1, 0.15) is 18.2 Å². The normalized spacial score (nSPS) is 15.6. The molecule has 0 spiro atoms. The van der Waals surface area contributed by atoms with Gasteiger partial charge in [-0.25, -0.2) is 17.1 Å². The lowest BCUT2D eigenvalue weighted by Gasteiger charge is -2.30. The number of ether oxygens (including phenoxy) is 1. The summed E-state index contributed by atoms with van der Waals surface area (Å²) in [6, 6.07) is 13.4. The van der Waals surface area contributed by atoms with Crippen LogP contribution in [0.2, 0.25) is 0 Å². The van der Waals surface area contributed by atoms with Gasteiger partial charge in [0.05, 0.1) is 12.3 Å². The van der Waals surface area contributed by atoms with E-state index in [9.17, 15) is 17.6 Å². The second kappa shape index (κ2) is 10.9. The number of carbonyl (C=O) groups excluding carboxylic acids is 1. The van der Waals surface area contributed by atoms with Crippen molar-refractivity contribution in [2.45, 2.75) is 38.4 Å². The van der Waals surface area contributed by atoms with E-state index in [1.807, 2.05) is 24.3 Å². The SMILES string of the molecule is CC(C)c1ccccc1OCCNC(=O)C1CCN(S(=O)(=O)Cc2ccc(F)cc2)CC1. The van der Waals surface area contributed by atoms with E-state index in [-0.39, 0.29) is 17.6 Å². The number of nitrogens with one attached hydrogen (secondary N) is 1. The van der Waals surface area contributed by atoms with Crippen molar-refractivity contribution in [2.75, 3.05) is 26.2 Å². The Morgan fingerprint density at radius 2 is 1.78 bits per heavy atom. The summed E-state index contributed by atoms with van der Waals surface area (Å²) in [5.41, 5.74) is 1.68. The molecule has 1 aliphatic heterocycles. The number of piperidine rings is 1. The molecule has 1 fully saturated rings. The third kappa shape index (κ3) is 6.53. The quantitative estimate of drug-likeness (QED) is 0.577. The lowest BCUT2D eigenvalue weighted by atomic mass is 9.97. The largest absolute Gasteiger partial charge is 0.491 e. The zero-order chi connectivity index (χ0) is 23.1. The van der Waals surface area contributed by atoms with Crippen LogP contribution in [-0.4, -0.2) is 44.9 Å². The Balaban J connectivity index is 1.42. The maximum Gasteiger partial charge on any atom is 0.223 e. The summed E-state index contributed by atoms with van der Waals surface area (Å²) < 4.78 is 45.6. The fraction of sp³-hybridized carbons (Fsp3) is 0.458. The highest BCUT2D eigenvalue weighted by molar-refractivity contribution is 7.88. The van der Waals surface area contributed by atoms with Crippen LogP contribution in [0.5, 0.6) is 5.75 Å². The molecule has 3 rings (SSSR count). The zero-order valence-corrected chi connectivity index (χ0v) is 19.4. The van der Waals surface area contributed by atoms with Crippen LogP contribution >= 0.6 is 0 Å². The van der Waals surface area contributed by atoms with Crippen molar-refractivity contribution in [3.8, 4) is 5.75 Å². The minimum Gasteiger partial charge on any atom is -0.491 e. The number of nitrogens with zero attached hydrogens (tertiary/aromatic N) is 1. The highest BCUT2D eigenvalue weighted by Gasteiger charge is 2.31. The van der Waals surface area contributed by atoms with E-state index in [4.69, 9.17) is 4.74 Å². The maximum atomic E-state index is 13.0. The van der Waals surface area contributed by atoms with Crippen LogP contribution in [0.3, 0.4) is 0 Å². The first kappa shape index (κ1) is 24.2. The first-order valence-corrected chi connectivity index (χ1v) is 12.6. The number of para-hydroxylation sites is 1. The van der Waals surface area contributed by atoms with E-state index < -0.39 is 15.8 Å². The van der Waals surface area contributed by atoms with E-state index >= 15 is 0 Å². The summed E-state index contributed by atoms with van der Waals surface area (Å²) in [6.07, 6.45) is 0.955. The van der Waals surface area contributed by atoms with Crippen molar-refractivity contribution < 1.29 is 22.3 Å². The van der Waals surface area contributed by atoms with Gasteiger partial charge in [0.25, 0.3) is 0 Å². The second-order valence-electron chi connectivity index (χ2n) is 8.39. The average molecular weight is 463 g/mol. The molecule has 6 nitrogen and oxygen atoms in total. The molecule has 0 bridgehead atoms. The van der Waals surface area contributed by atoms with E-state index in [1.54, 1.807) is 0 Å². The summed E-state index contributed by atoms with van der Waals surface area (Å²) >= 11 is 0. The number of carbonyl (C=O) groups is 1. The lowest BCUT2D eigenvalue weighted by Crippen LogP contribution is -2.43. The topological polar surface area (TPSA) is 75.7 Å². The van der Waals surface area contributed by atoms with E-state index in [0.717, 1.165) is 11.3 Å². The summed E-state index contributed by atoms with van der Waals surface area (Å²) in [6.45, 7) is 5.60. The molecule has 0 unspecified atom stereocenters. The van der Waals surface area contributed by atoms with Crippen LogP contribution in [-0.2, 0) is 20.6 Å². The van der Waals surface area contributed by atoms with Crippen LogP contribution < -0.4 is 10.1 Å². The smallest absolute Gasteiger partial charge is 0.223 e. The van der Waals surface area contributed by atoms with Crippen molar-refractivity contribution in [2.24, 2.45) is 5.92 Å². The van der Waals surface area contributed by atoms with E-state index in [1.165, 1.54) is 28.6 Å². The lowest BCUT2D eigenvalue weighted by molar-refractivity contribution is -0.126. The highest BCUT2D eigenvalue weighted by atomic mass is 32.2. The Hall–Kier alpha value is -2.45. The summed E-state index contributed by atoms with van der Waals surface area (Å²) in [4.78, 5) is 12.5. The number of benzene rings is 2. The predicted molar refractivity (Wildman–Crippen MR) is 122 cm³/mol. The van der Waals surface area contributed by atoms with Gasteiger partial charge in [0, 0.05) is 19.0 Å². The zero-order valence-electron chi connectivity index (χ0n) is 18.6. The van der Waals surface area contributed by atoms with Gasteiger partial charge in [-0.1, -0.05) is 44.2 Å². The molecule has 8 heteroatoms. The van der Waals surface area contributed by atoms with Gasteiger partial charge in [-0.15, -0.1) is 0 Å². The Morgan fingerprint density at radius 3 is 2.44 bits per heavy atom. The van der Waals surface area contributed by atoms with E-state index in [0.29, 0.717) is 50.6 Å². The molecular weight excluding hydrogens is 431 g/mol. The molecule has 0 atom stereocenters. The van der Waals surface area contributed by atoms with Crippen molar-refractivity contribution >= 4 is 15.9 Å². The number of sulfonamides is 1. The van der Waals surface area contributed by atoms with Crippen LogP contribution in [0.1, 0.15) is 43.7 Å². The van der Waals surface area contributed by atoms with Gasteiger partial charge < -0.3 is 10.1 Å². The minimum absolute atomic E-state index is 0.0682. The molecule has 1 saturated heterocycles. The first-order valence-electron chi connectivity index (χ1n) is 11.0. The van der Waals surface area contributed by atoms with Gasteiger partial charge in [-0.05, 0) is 48.1 Å². The van der Waals surface area contributed by atoms with Crippen LogP contribution in [0.4, 0.5) is 4.39 Å². The van der Waals surface area contributed by atoms with Crippen LogP contribution in [0.15, 0.2) is 48.5 Å². The van der Waals surface area contributed by atoms with Crippen molar-refractivity contribution in [1.29, 1.82) is 0 Å². The number of amides is 1. The molecule has 1 heterocycles. The van der Waals surface area contributed by atoms with Gasteiger partial charge in [-0.2, -0.15) is 0 Å². The molecule has 2 aromatic carbocycles. The Bertz CT molecular complexity index is 1000. The van der Waals surface area contributed by atoms with Crippen molar-refractivity contribution in [1.82, 2.24) is 9.62 Å². The predicted octanol–water partition coefficient (Wildman–Crippen LogP) is 3.69. The highest BCUT2D eigenvalue weighted by Crippen LogP contribution is 2.26. The minimum atomic E-state index is -3.50. The van der Waals surface area contributed by atoms with Crippen LogP contribution in [0, 0.1) is 11.7 Å².